The molecule has 6 nitrogen and oxygen atoms in total. The Morgan fingerprint density at radius 2 is 2.17 bits per heavy atom. The first-order valence-corrected chi connectivity index (χ1v) is 6.19. The minimum absolute atomic E-state index is 0.366. The monoisotopic (exact) mass is 254 g/mol. The molecule has 1 aromatic heterocycles. The third-order valence-electron chi connectivity index (χ3n) is 2.55. The maximum Gasteiger partial charge on any atom is 0.242 e. The molecule has 1 aromatic rings. The second kappa shape index (κ2) is 6.39. The van der Waals surface area contributed by atoms with Crippen molar-refractivity contribution in [2.75, 3.05) is 24.2 Å². The van der Waals surface area contributed by atoms with Crippen molar-refractivity contribution in [1.82, 2.24) is 9.97 Å². The molecular weight excluding hydrogens is 232 g/mol. The van der Waals surface area contributed by atoms with E-state index in [1.165, 1.54) is 6.33 Å². The maximum atomic E-state index is 10.1. The minimum Gasteiger partial charge on any atom is -0.476 e. The van der Waals surface area contributed by atoms with Crippen LogP contribution in [0.4, 0.5) is 11.5 Å². The van der Waals surface area contributed by atoms with Gasteiger partial charge in [-0.2, -0.15) is 4.98 Å². The molecule has 0 saturated heterocycles. The van der Waals surface area contributed by atoms with Crippen LogP contribution in [-0.2, 0) is 0 Å². The van der Waals surface area contributed by atoms with Gasteiger partial charge >= 0.3 is 0 Å². The Morgan fingerprint density at radius 1 is 1.44 bits per heavy atom. The van der Waals surface area contributed by atoms with Crippen LogP contribution in [0.25, 0.3) is 0 Å². The predicted molar refractivity (Wildman–Crippen MR) is 71.6 cm³/mol. The number of nitrogen functional groups attached to an aromatic ring is 1. The number of nitrogens with one attached hydrogen (secondary N) is 1. The minimum atomic E-state index is -0.780. The number of hydrogen-bond donors (Lipinski definition) is 3. The number of nitrogens with zero attached hydrogens (tertiary/aromatic N) is 2. The van der Waals surface area contributed by atoms with Gasteiger partial charge in [-0.3, -0.25) is 0 Å². The van der Waals surface area contributed by atoms with Gasteiger partial charge in [0.15, 0.2) is 5.82 Å². The van der Waals surface area contributed by atoms with E-state index in [0.29, 0.717) is 37.0 Å². The number of ether oxygens (including phenoxy) is 1. The van der Waals surface area contributed by atoms with Crippen molar-refractivity contribution >= 4 is 11.5 Å². The van der Waals surface area contributed by atoms with Gasteiger partial charge in [0, 0.05) is 6.54 Å². The molecule has 0 amide bonds. The van der Waals surface area contributed by atoms with Crippen LogP contribution in [0.15, 0.2) is 6.33 Å². The summed E-state index contributed by atoms with van der Waals surface area (Å²) in [6.07, 6.45) is 3.01. The Labute approximate surface area is 108 Å². The molecule has 0 radical (unpaired) electrons. The zero-order chi connectivity index (χ0) is 13.6. The molecule has 4 N–H and O–H groups in total. The summed E-state index contributed by atoms with van der Waals surface area (Å²) in [5, 5.41) is 13.1. The second-order valence-electron chi connectivity index (χ2n) is 4.47. The molecule has 102 valence electrons. The fourth-order valence-corrected chi connectivity index (χ4v) is 1.67. The Kier molecular flexibility index (Phi) is 5.15. The molecule has 1 rings (SSSR count). The van der Waals surface area contributed by atoms with Gasteiger partial charge in [-0.25, -0.2) is 4.98 Å². The lowest BCUT2D eigenvalue weighted by Gasteiger charge is -2.23. The molecular formula is C12H22N4O2. The van der Waals surface area contributed by atoms with Crippen molar-refractivity contribution in [2.24, 2.45) is 0 Å². The molecule has 1 heterocycles. The third-order valence-corrected chi connectivity index (χ3v) is 2.55. The van der Waals surface area contributed by atoms with Gasteiger partial charge in [0.2, 0.25) is 5.88 Å². The molecule has 6 heteroatoms. The summed E-state index contributed by atoms with van der Waals surface area (Å²) < 4.78 is 5.28. The van der Waals surface area contributed by atoms with E-state index >= 15 is 0 Å². The average molecular weight is 254 g/mol. The predicted octanol–water partition coefficient (Wildman–Crippen LogP) is 1.42. The SMILES string of the molecule is CCCC(C)(O)CNc1ncnc(OCC)c1N. The van der Waals surface area contributed by atoms with E-state index < -0.39 is 5.60 Å². The normalized spacial score (nSPS) is 14.0. The van der Waals surface area contributed by atoms with Crippen LogP contribution < -0.4 is 15.8 Å². The molecule has 1 atom stereocenters. The Bertz CT molecular complexity index is 382. The standard InChI is InChI=1S/C12H22N4O2/c1-4-6-12(3,17)7-14-10-9(13)11(18-5-2)16-8-15-10/h8,17H,4-7,13H2,1-3H3,(H,14,15,16). The third kappa shape index (κ3) is 4.03. The summed E-state index contributed by atoms with van der Waals surface area (Å²) in [6, 6.07) is 0. The highest BCUT2D eigenvalue weighted by Gasteiger charge is 2.20. The summed E-state index contributed by atoms with van der Waals surface area (Å²) >= 11 is 0. The fraction of sp³-hybridized carbons (Fsp3) is 0.667. The van der Waals surface area contributed by atoms with Gasteiger partial charge in [-0.15, -0.1) is 0 Å². The summed E-state index contributed by atoms with van der Waals surface area (Å²) in [7, 11) is 0. The zero-order valence-electron chi connectivity index (χ0n) is 11.2. The van der Waals surface area contributed by atoms with Crippen LogP contribution in [0.3, 0.4) is 0 Å². The van der Waals surface area contributed by atoms with E-state index in [1.807, 2.05) is 13.8 Å². The van der Waals surface area contributed by atoms with Gasteiger partial charge in [-0.1, -0.05) is 13.3 Å². The Hall–Kier alpha value is -1.56. The lowest BCUT2D eigenvalue weighted by Crippen LogP contribution is -2.33. The summed E-state index contributed by atoms with van der Waals surface area (Å²) in [5.74, 6) is 0.856. The van der Waals surface area contributed by atoms with Gasteiger partial charge in [-0.05, 0) is 20.3 Å². The van der Waals surface area contributed by atoms with Crippen molar-refractivity contribution in [2.45, 2.75) is 39.2 Å². The lowest BCUT2D eigenvalue weighted by molar-refractivity contribution is 0.0636. The van der Waals surface area contributed by atoms with E-state index in [1.54, 1.807) is 6.92 Å². The summed E-state index contributed by atoms with van der Waals surface area (Å²) in [6.45, 7) is 6.55. The zero-order valence-corrected chi connectivity index (χ0v) is 11.2. The van der Waals surface area contributed by atoms with E-state index in [2.05, 4.69) is 15.3 Å². The number of anilines is 2. The fourth-order valence-electron chi connectivity index (χ4n) is 1.67. The molecule has 1 unspecified atom stereocenters. The van der Waals surface area contributed by atoms with Crippen LogP contribution in [0.2, 0.25) is 0 Å². The van der Waals surface area contributed by atoms with Crippen LogP contribution in [0, 0.1) is 0 Å². The number of rotatable bonds is 7. The van der Waals surface area contributed by atoms with Gasteiger partial charge in [0.1, 0.15) is 12.0 Å². The quantitative estimate of drug-likeness (QED) is 0.681. The smallest absolute Gasteiger partial charge is 0.242 e. The lowest BCUT2D eigenvalue weighted by atomic mass is 10.0. The van der Waals surface area contributed by atoms with Gasteiger partial charge in [0.25, 0.3) is 0 Å². The Morgan fingerprint density at radius 3 is 2.78 bits per heavy atom. The molecule has 18 heavy (non-hydrogen) atoms. The molecule has 0 aromatic carbocycles. The first-order chi connectivity index (χ1) is 8.50. The topological polar surface area (TPSA) is 93.3 Å². The summed E-state index contributed by atoms with van der Waals surface area (Å²) in [5.41, 5.74) is 5.47. The second-order valence-corrected chi connectivity index (χ2v) is 4.47. The first-order valence-electron chi connectivity index (χ1n) is 6.19. The van der Waals surface area contributed by atoms with Crippen LogP contribution >= 0.6 is 0 Å². The van der Waals surface area contributed by atoms with Crippen molar-refractivity contribution in [3.63, 3.8) is 0 Å². The van der Waals surface area contributed by atoms with Crippen LogP contribution in [-0.4, -0.2) is 33.8 Å². The van der Waals surface area contributed by atoms with Crippen molar-refractivity contribution in [3.8, 4) is 5.88 Å². The molecule has 0 aliphatic carbocycles. The van der Waals surface area contributed by atoms with E-state index in [-0.39, 0.29) is 0 Å². The highest BCUT2D eigenvalue weighted by Crippen LogP contribution is 2.25. The number of aromatic nitrogens is 2. The molecule has 0 fully saturated rings. The van der Waals surface area contributed by atoms with Crippen LogP contribution in [0.1, 0.15) is 33.6 Å². The van der Waals surface area contributed by atoms with E-state index in [9.17, 15) is 5.11 Å². The summed E-state index contributed by atoms with van der Waals surface area (Å²) in [4.78, 5) is 7.99. The molecule has 0 aliphatic rings. The highest BCUT2D eigenvalue weighted by molar-refractivity contribution is 5.66. The maximum absolute atomic E-state index is 10.1. The van der Waals surface area contributed by atoms with Gasteiger partial charge < -0.3 is 20.9 Å². The van der Waals surface area contributed by atoms with Crippen molar-refractivity contribution in [1.29, 1.82) is 0 Å². The van der Waals surface area contributed by atoms with E-state index in [0.717, 1.165) is 6.42 Å². The number of aliphatic hydroxyl groups is 1. The van der Waals surface area contributed by atoms with Crippen LogP contribution in [0.5, 0.6) is 5.88 Å². The average Bonchev–Trinajstić information content (AvgIpc) is 2.30. The molecule has 0 aliphatic heterocycles. The first kappa shape index (κ1) is 14.5. The number of nitrogens with two attached hydrogens (primary N) is 1. The Balaban J connectivity index is 2.70. The molecule has 0 saturated carbocycles. The molecule has 0 bridgehead atoms. The van der Waals surface area contributed by atoms with Crippen molar-refractivity contribution < 1.29 is 9.84 Å². The largest absolute Gasteiger partial charge is 0.476 e. The van der Waals surface area contributed by atoms with E-state index in [4.69, 9.17) is 10.5 Å². The number of hydrogen-bond acceptors (Lipinski definition) is 6. The van der Waals surface area contributed by atoms with Crippen molar-refractivity contribution in [3.05, 3.63) is 6.33 Å². The van der Waals surface area contributed by atoms with Gasteiger partial charge in [0.05, 0.1) is 12.2 Å². The highest BCUT2D eigenvalue weighted by atomic mass is 16.5. The molecule has 0 spiro atoms.